The van der Waals surface area contributed by atoms with Crippen LogP contribution in [0.15, 0.2) is 66.7 Å². The van der Waals surface area contributed by atoms with E-state index in [0.29, 0.717) is 61.0 Å². The smallest absolute Gasteiger partial charge is 0.226 e. The van der Waals surface area contributed by atoms with Crippen LogP contribution in [0.3, 0.4) is 0 Å². The number of anilines is 2. The number of benzene rings is 4. The molecule has 0 bridgehead atoms. The Morgan fingerprint density at radius 3 is 2.45 bits per heavy atom. The molecule has 3 heterocycles. The van der Waals surface area contributed by atoms with Crippen molar-refractivity contribution in [3.8, 4) is 22.9 Å². The second-order valence-corrected chi connectivity index (χ2v) is 16.6. The van der Waals surface area contributed by atoms with Crippen LogP contribution in [0.1, 0.15) is 89.6 Å². The van der Waals surface area contributed by atoms with Crippen LogP contribution in [0.25, 0.3) is 11.1 Å². The number of amides is 2. The molecule has 2 unspecified atom stereocenters. The molecular formula is C46H53ClFN6O3P. The summed E-state index contributed by atoms with van der Waals surface area (Å²) in [5, 5.41) is 19.3. The number of imide groups is 1. The molecule has 4 aromatic rings. The van der Waals surface area contributed by atoms with Gasteiger partial charge in [-0.15, -0.1) is 9.24 Å². The molecule has 3 aliphatic heterocycles. The summed E-state index contributed by atoms with van der Waals surface area (Å²) in [6, 6.07) is 26.0. The number of likely N-dealkylation sites (tertiary alicyclic amines) is 1. The summed E-state index contributed by atoms with van der Waals surface area (Å²) in [6.45, 7) is 7.30. The van der Waals surface area contributed by atoms with E-state index in [9.17, 15) is 19.2 Å². The van der Waals surface area contributed by atoms with Crippen LogP contribution in [0.4, 0.5) is 15.8 Å². The number of ether oxygens (including phenoxy) is 1. The number of carbonyl (C=O) groups excluding carboxylic acids is 2. The number of piperidine rings is 2. The van der Waals surface area contributed by atoms with Crippen molar-refractivity contribution in [2.24, 2.45) is 0 Å². The zero-order chi connectivity index (χ0) is 40.8. The lowest BCUT2D eigenvalue weighted by atomic mass is 9.92. The molecule has 12 heteroatoms. The zero-order valence-electron chi connectivity index (χ0n) is 33.4. The highest BCUT2D eigenvalue weighted by Gasteiger charge is 2.29. The van der Waals surface area contributed by atoms with Crippen molar-refractivity contribution in [1.29, 1.82) is 5.26 Å². The minimum atomic E-state index is -0.642. The average molecular weight is 823 g/mol. The number of fused-ring (bicyclic) bond motifs is 1. The van der Waals surface area contributed by atoms with Gasteiger partial charge < -0.3 is 25.2 Å². The van der Waals surface area contributed by atoms with E-state index in [4.69, 9.17) is 16.3 Å². The van der Waals surface area contributed by atoms with E-state index in [0.717, 1.165) is 74.1 Å². The van der Waals surface area contributed by atoms with Gasteiger partial charge in [-0.2, -0.15) is 5.26 Å². The van der Waals surface area contributed by atoms with E-state index in [-0.39, 0.29) is 17.9 Å². The number of alkyl halides is 1. The first kappa shape index (κ1) is 41.6. The van der Waals surface area contributed by atoms with Crippen molar-refractivity contribution in [3.63, 3.8) is 0 Å². The molecule has 3 N–H and O–H groups in total. The Morgan fingerprint density at radius 2 is 1.76 bits per heavy atom. The number of rotatable bonds is 12. The lowest BCUT2D eigenvalue weighted by molar-refractivity contribution is -0.132. The molecule has 58 heavy (non-hydrogen) atoms. The number of hydrogen-bond acceptors (Lipinski definition) is 8. The van der Waals surface area contributed by atoms with Crippen molar-refractivity contribution in [2.45, 2.75) is 82.9 Å². The molecule has 8 rings (SSSR count). The van der Waals surface area contributed by atoms with Gasteiger partial charge in [-0.3, -0.25) is 14.9 Å². The van der Waals surface area contributed by atoms with E-state index in [2.05, 4.69) is 97.5 Å². The first-order chi connectivity index (χ1) is 28.1. The van der Waals surface area contributed by atoms with E-state index in [1.165, 1.54) is 33.5 Å². The topological polar surface area (TPSA) is 120 Å². The fourth-order valence-corrected chi connectivity index (χ4v) is 8.87. The number of carbonyl (C=O) groups is 2. The molecule has 4 aliphatic rings. The largest absolute Gasteiger partial charge is 0.484 e. The molecule has 0 saturated carbocycles. The van der Waals surface area contributed by atoms with Crippen molar-refractivity contribution >= 4 is 44.0 Å². The number of nitriles is 1. The Morgan fingerprint density at radius 1 is 1.02 bits per heavy atom. The normalized spacial score (nSPS) is 19.0. The van der Waals surface area contributed by atoms with Crippen LogP contribution in [0.5, 0.6) is 5.75 Å². The standard InChI is InChI=1S/C41H46ClFN5OP.C5H7NO2/c1-26-32(5-4-8-39(26)47(2)15-16-48-13-11-31(43)12-14-48)33-6-3-7-35-34(33)9-10-40(35)49-41-21-37(30(25-50)20-36(41)42)45-23-28-17-27(22-44)18-29(19-28)38-24-46-38;7-4-2-1-3-5(8)6-4/h3-8,17-21,31,38,40,45-46H,9-16,23-25,50H2,1-2H3;1-3H2,(H,6,7,8)/t38?,40-;/m0./s1. The summed E-state index contributed by atoms with van der Waals surface area (Å²) in [5.74, 6) is 0.395. The molecule has 3 saturated heterocycles. The molecule has 2 amide bonds. The third-order valence-electron chi connectivity index (χ3n) is 11.7. The minimum absolute atomic E-state index is 0.0994. The van der Waals surface area contributed by atoms with Crippen LogP contribution >= 0.6 is 20.8 Å². The Labute approximate surface area is 348 Å². The van der Waals surface area contributed by atoms with Gasteiger partial charge in [0.05, 0.1) is 16.7 Å². The van der Waals surface area contributed by atoms with Gasteiger partial charge in [-0.05, 0) is 114 Å². The van der Waals surface area contributed by atoms with Gasteiger partial charge in [0, 0.05) is 82.6 Å². The summed E-state index contributed by atoms with van der Waals surface area (Å²) in [4.78, 5) is 25.4. The predicted molar refractivity (Wildman–Crippen MR) is 233 cm³/mol. The lowest BCUT2D eigenvalue weighted by Gasteiger charge is -2.31. The summed E-state index contributed by atoms with van der Waals surface area (Å²) in [5.41, 5.74) is 12.5. The maximum Gasteiger partial charge on any atom is 0.226 e. The summed E-state index contributed by atoms with van der Waals surface area (Å²) >= 11 is 6.85. The highest BCUT2D eigenvalue weighted by Crippen LogP contribution is 2.44. The van der Waals surface area contributed by atoms with Gasteiger partial charge in [0.25, 0.3) is 0 Å². The molecule has 1 aliphatic carbocycles. The Kier molecular flexibility index (Phi) is 13.7. The Hall–Kier alpha value is -4.52. The Balaban J connectivity index is 0.000000573. The molecule has 9 nitrogen and oxygen atoms in total. The van der Waals surface area contributed by atoms with Crippen molar-refractivity contribution in [2.75, 3.05) is 50.0 Å². The molecule has 3 fully saturated rings. The van der Waals surface area contributed by atoms with Crippen LogP contribution in [-0.4, -0.2) is 62.7 Å². The molecule has 304 valence electrons. The third kappa shape index (κ3) is 10.2. The molecule has 4 aromatic carbocycles. The second-order valence-electron chi connectivity index (χ2n) is 15.8. The predicted octanol–water partition coefficient (Wildman–Crippen LogP) is 8.57. The molecular weight excluding hydrogens is 770 g/mol. The number of nitrogens with one attached hydrogen (secondary N) is 3. The zero-order valence-corrected chi connectivity index (χ0v) is 35.3. The Bertz CT molecular complexity index is 2170. The van der Waals surface area contributed by atoms with Gasteiger partial charge in [0.2, 0.25) is 11.8 Å². The van der Waals surface area contributed by atoms with Gasteiger partial charge in [0.1, 0.15) is 18.0 Å². The highest BCUT2D eigenvalue weighted by atomic mass is 35.5. The van der Waals surface area contributed by atoms with Gasteiger partial charge in [-0.1, -0.05) is 48.0 Å². The van der Waals surface area contributed by atoms with E-state index in [1.807, 2.05) is 24.3 Å². The van der Waals surface area contributed by atoms with Crippen molar-refractivity contribution in [3.05, 3.63) is 111 Å². The fourth-order valence-electron chi connectivity index (χ4n) is 8.30. The van der Waals surface area contributed by atoms with E-state index < -0.39 is 6.17 Å². The fraction of sp³-hybridized carbons (Fsp3) is 0.413. The molecule has 0 radical (unpaired) electrons. The van der Waals surface area contributed by atoms with E-state index in [1.54, 1.807) is 0 Å². The number of nitrogens with zero attached hydrogens (tertiary/aromatic N) is 3. The molecule has 0 aromatic heterocycles. The lowest BCUT2D eigenvalue weighted by Crippen LogP contribution is -2.39. The van der Waals surface area contributed by atoms with Crippen molar-refractivity contribution in [1.82, 2.24) is 15.5 Å². The summed E-state index contributed by atoms with van der Waals surface area (Å²) < 4.78 is 20.4. The maximum atomic E-state index is 13.6. The number of halogens is 2. The average Bonchev–Trinajstić information content (AvgIpc) is 4.01. The first-order valence-electron chi connectivity index (χ1n) is 20.4. The second kappa shape index (κ2) is 19.0. The summed E-state index contributed by atoms with van der Waals surface area (Å²) in [7, 11) is 4.96. The van der Waals surface area contributed by atoms with Crippen molar-refractivity contribution < 1.29 is 18.7 Å². The monoisotopic (exact) mass is 822 g/mol. The van der Waals surface area contributed by atoms with Crippen LogP contribution in [0.2, 0.25) is 5.02 Å². The summed E-state index contributed by atoms with van der Waals surface area (Å²) in [6.07, 6.45) is 4.83. The molecule has 3 atom stereocenters. The van der Waals surface area contributed by atoms with E-state index >= 15 is 0 Å². The highest BCUT2D eigenvalue weighted by molar-refractivity contribution is 7.15. The number of hydrogen-bond donors (Lipinski definition) is 3. The van der Waals surface area contributed by atoms with Gasteiger partial charge in [-0.25, -0.2) is 4.39 Å². The minimum Gasteiger partial charge on any atom is -0.484 e. The number of likely N-dealkylation sites (N-methyl/N-ethyl adjacent to an activating group) is 1. The van der Waals surface area contributed by atoms with Gasteiger partial charge in [0.15, 0.2) is 0 Å². The van der Waals surface area contributed by atoms with Gasteiger partial charge >= 0.3 is 0 Å². The maximum absolute atomic E-state index is 13.6. The molecule has 0 spiro atoms. The first-order valence-corrected chi connectivity index (χ1v) is 21.6. The quantitative estimate of drug-likeness (QED) is 0.0739. The van der Waals surface area contributed by atoms with Crippen LogP contribution in [0, 0.1) is 18.3 Å². The third-order valence-corrected chi connectivity index (χ3v) is 12.4. The van der Waals surface area contributed by atoms with Crippen LogP contribution < -0.4 is 25.6 Å². The SMILES string of the molecule is Cc1c(-c2cccc3c2CC[C@@H]3Oc2cc(NCc3cc(C#N)cc(C4CN4)c3)c(CP)cc2Cl)cccc1N(C)CCN1CCC(F)CC1.O=C1CCCC(=O)N1. The van der Waals surface area contributed by atoms with Crippen LogP contribution in [-0.2, 0) is 28.7 Å².